The van der Waals surface area contributed by atoms with E-state index in [0.717, 1.165) is 6.42 Å². The Balaban J connectivity index is 2.02. The van der Waals surface area contributed by atoms with Crippen LogP contribution >= 0.6 is 11.3 Å². The minimum Gasteiger partial charge on any atom is -0.393 e. The highest BCUT2D eigenvalue weighted by Crippen LogP contribution is 2.54. The van der Waals surface area contributed by atoms with Crippen LogP contribution in [0.1, 0.15) is 31.1 Å². The summed E-state index contributed by atoms with van der Waals surface area (Å²) in [5.41, 5.74) is 0.0425. The van der Waals surface area contributed by atoms with Crippen molar-refractivity contribution in [2.75, 3.05) is 0 Å². The second-order valence-corrected chi connectivity index (χ2v) is 6.43. The molecule has 1 aliphatic rings. The van der Waals surface area contributed by atoms with Crippen LogP contribution in [0.4, 0.5) is 0 Å². The predicted molar refractivity (Wildman–Crippen MR) is 69.0 cm³/mol. The predicted octanol–water partition coefficient (Wildman–Crippen LogP) is 3.78. The summed E-state index contributed by atoms with van der Waals surface area (Å²) in [6, 6.07) is 10.8. The molecule has 0 radical (unpaired) electrons. The smallest absolute Gasteiger partial charge is 0.0603 e. The van der Waals surface area contributed by atoms with Gasteiger partial charge in [-0.25, -0.2) is 0 Å². The zero-order chi connectivity index (χ0) is 11.3. The molecule has 2 heteroatoms. The first kappa shape index (κ1) is 10.3. The first-order valence-corrected chi connectivity index (χ1v) is 6.57. The lowest BCUT2D eigenvalue weighted by Crippen LogP contribution is -2.46. The molecular formula is C14H16OS. The van der Waals surface area contributed by atoms with Crippen LogP contribution in [0.25, 0.3) is 10.1 Å². The highest BCUT2D eigenvalue weighted by atomic mass is 32.1. The zero-order valence-electron chi connectivity index (χ0n) is 9.60. The van der Waals surface area contributed by atoms with Gasteiger partial charge >= 0.3 is 0 Å². The fraction of sp³-hybridized carbons (Fsp3) is 0.429. The Bertz CT molecular complexity index is 493. The highest BCUT2D eigenvalue weighted by Gasteiger charge is 2.48. The summed E-state index contributed by atoms with van der Waals surface area (Å²) in [7, 11) is 0. The number of fused-ring (bicyclic) bond motifs is 1. The van der Waals surface area contributed by atoms with E-state index in [1.54, 1.807) is 0 Å². The van der Waals surface area contributed by atoms with Crippen LogP contribution in [0.5, 0.6) is 0 Å². The summed E-state index contributed by atoms with van der Waals surface area (Å²) in [4.78, 5) is 1.43. The average Bonchev–Trinajstić information content (AvgIpc) is 2.68. The van der Waals surface area contributed by atoms with Gasteiger partial charge in [0.15, 0.2) is 0 Å². The third kappa shape index (κ3) is 1.33. The van der Waals surface area contributed by atoms with Crippen LogP contribution in [0.3, 0.4) is 0 Å². The van der Waals surface area contributed by atoms with Gasteiger partial charge in [0.1, 0.15) is 0 Å². The van der Waals surface area contributed by atoms with Gasteiger partial charge in [0.2, 0.25) is 0 Å². The van der Waals surface area contributed by atoms with Gasteiger partial charge in [-0.2, -0.15) is 0 Å². The van der Waals surface area contributed by atoms with E-state index in [1.807, 2.05) is 11.3 Å². The van der Waals surface area contributed by atoms with Crippen molar-refractivity contribution in [1.29, 1.82) is 0 Å². The van der Waals surface area contributed by atoms with Crippen molar-refractivity contribution in [3.8, 4) is 0 Å². The molecule has 1 aromatic carbocycles. The minimum absolute atomic E-state index is 0.0425. The van der Waals surface area contributed by atoms with Crippen LogP contribution in [0.2, 0.25) is 0 Å². The maximum atomic E-state index is 9.79. The summed E-state index contributed by atoms with van der Waals surface area (Å²) in [6.45, 7) is 4.33. The molecule has 1 saturated carbocycles. The number of thiophene rings is 1. The lowest BCUT2D eigenvalue weighted by Gasteiger charge is -2.49. The van der Waals surface area contributed by atoms with Crippen molar-refractivity contribution in [1.82, 2.24) is 0 Å². The van der Waals surface area contributed by atoms with Gasteiger partial charge in [0, 0.05) is 15.5 Å². The minimum atomic E-state index is -0.136. The van der Waals surface area contributed by atoms with E-state index in [0.29, 0.717) is 5.92 Å². The lowest BCUT2D eigenvalue weighted by atomic mass is 9.59. The van der Waals surface area contributed by atoms with Crippen LogP contribution in [0.15, 0.2) is 30.3 Å². The van der Waals surface area contributed by atoms with Crippen molar-refractivity contribution in [3.05, 3.63) is 35.2 Å². The molecule has 0 bridgehead atoms. The van der Waals surface area contributed by atoms with Gasteiger partial charge < -0.3 is 5.11 Å². The van der Waals surface area contributed by atoms with Gasteiger partial charge in [-0.1, -0.05) is 32.0 Å². The summed E-state index contributed by atoms with van der Waals surface area (Å²) in [5, 5.41) is 11.1. The van der Waals surface area contributed by atoms with E-state index in [4.69, 9.17) is 0 Å². The number of hydrogen-bond donors (Lipinski definition) is 1. The number of rotatable bonds is 1. The monoisotopic (exact) mass is 232 g/mol. The van der Waals surface area contributed by atoms with Crippen LogP contribution in [-0.2, 0) is 0 Å². The summed E-state index contributed by atoms with van der Waals surface area (Å²) in [5.74, 6) is 0.528. The number of benzene rings is 1. The van der Waals surface area contributed by atoms with E-state index in [1.165, 1.54) is 15.0 Å². The maximum Gasteiger partial charge on any atom is 0.0603 e. The molecule has 2 atom stereocenters. The topological polar surface area (TPSA) is 20.2 Å². The molecule has 2 aromatic rings. The van der Waals surface area contributed by atoms with Gasteiger partial charge in [-0.15, -0.1) is 11.3 Å². The molecule has 1 fully saturated rings. The van der Waals surface area contributed by atoms with Gasteiger partial charge in [-0.05, 0) is 29.4 Å². The van der Waals surface area contributed by atoms with Crippen LogP contribution < -0.4 is 0 Å². The normalized spacial score (nSPS) is 27.9. The Morgan fingerprint density at radius 3 is 2.69 bits per heavy atom. The molecule has 0 amide bonds. The first-order chi connectivity index (χ1) is 7.59. The number of aliphatic hydroxyl groups is 1. The largest absolute Gasteiger partial charge is 0.393 e. The Hall–Kier alpha value is -0.860. The fourth-order valence-electron chi connectivity index (χ4n) is 2.56. The van der Waals surface area contributed by atoms with E-state index < -0.39 is 0 Å². The number of hydrogen-bond acceptors (Lipinski definition) is 2. The Kier molecular flexibility index (Phi) is 2.13. The molecule has 1 aromatic heterocycles. The molecular weight excluding hydrogens is 216 g/mol. The lowest BCUT2D eigenvalue weighted by molar-refractivity contribution is -0.0613. The summed E-state index contributed by atoms with van der Waals surface area (Å²) in [6.07, 6.45) is 0.780. The Morgan fingerprint density at radius 2 is 2.06 bits per heavy atom. The van der Waals surface area contributed by atoms with E-state index >= 15 is 0 Å². The van der Waals surface area contributed by atoms with E-state index in [2.05, 4.69) is 44.2 Å². The van der Waals surface area contributed by atoms with E-state index in [9.17, 15) is 5.11 Å². The quantitative estimate of drug-likeness (QED) is 0.793. The third-order valence-corrected chi connectivity index (χ3v) is 5.23. The summed E-state index contributed by atoms with van der Waals surface area (Å²) >= 11 is 1.87. The molecule has 0 spiro atoms. The molecule has 1 aliphatic carbocycles. The molecule has 0 saturated heterocycles. The molecule has 2 unspecified atom stereocenters. The average molecular weight is 232 g/mol. The maximum absolute atomic E-state index is 9.79. The van der Waals surface area contributed by atoms with Crippen molar-refractivity contribution < 1.29 is 5.11 Å². The molecule has 1 N–H and O–H groups in total. The van der Waals surface area contributed by atoms with Crippen molar-refractivity contribution in [3.63, 3.8) is 0 Å². The summed E-state index contributed by atoms with van der Waals surface area (Å²) < 4.78 is 1.36. The van der Waals surface area contributed by atoms with Crippen molar-refractivity contribution in [2.24, 2.45) is 5.41 Å². The van der Waals surface area contributed by atoms with Crippen LogP contribution in [0, 0.1) is 5.41 Å². The van der Waals surface area contributed by atoms with Crippen molar-refractivity contribution >= 4 is 21.4 Å². The molecule has 1 nitrogen and oxygen atoms in total. The van der Waals surface area contributed by atoms with Crippen molar-refractivity contribution in [2.45, 2.75) is 32.3 Å². The van der Waals surface area contributed by atoms with Gasteiger partial charge in [-0.3, -0.25) is 0 Å². The zero-order valence-corrected chi connectivity index (χ0v) is 10.4. The molecule has 3 rings (SSSR count). The SMILES string of the molecule is CC1(C)C(O)CC1c1cc2ccccc2s1. The van der Waals surface area contributed by atoms with E-state index in [-0.39, 0.29) is 11.5 Å². The Labute approximate surface area is 99.7 Å². The first-order valence-electron chi connectivity index (χ1n) is 5.75. The second-order valence-electron chi connectivity index (χ2n) is 5.31. The molecule has 84 valence electrons. The highest BCUT2D eigenvalue weighted by molar-refractivity contribution is 7.19. The second kappa shape index (κ2) is 3.31. The Morgan fingerprint density at radius 1 is 1.31 bits per heavy atom. The van der Waals surface area contributed by atoms with Crippen LogP contribution in [-0.4, -0.2) is 11.2 Å². The number of aliphatic hydroxyl groups excluding tert-OH is 1. The van der Waals surface area contributed by atoms with Gasteiger partial charge in [0.05, 0.1) is 6.10 Å². The standard InChI is InChI=1S/C14H16OS/c1-14(2)10(8-13(14)15)12-7-9-5-3-4-6-11(9)16-12/h3-7,10,13,15H,8H2,1-2H3. The van der Waals surface area contributed by atoms with Gasteiger partial charge in [0.25, 0.3) is 0 Å². The third-order valence-electron chi connectivity index (χ3n) is 4.00. The fourth-order valence-corrected chi connectivity index (χ4v) is 3.93. The molecule has 16 heavy (non-hydrogen) atoms. The molecule has 0 aliphatic heterocycles. The molecule has 1 heterocycles.